The number of benzene rings is 1. The predicted octanol–water partition coefficient (Wildman–Crippen LogP) is 3.13. The number of anilines is 1. The SMILES string of the molecule is CC(OC(=O)c1ccc([N+](=O)[O-])o1)C(=O)Nc1ccc(Br)cc1. The summed E-state index contributed by atoms with van der Waals surface area (Å²) >= 11 is 3.27. The molecule has 0 saturated carbocycles. The maximum absolute atomic E-state index is 11.9. The zero-order chi connectivity index (χ0) is 17.0. The van der Waals surface area contributed by atoms with Crippen LogP contribution >= 0.6 is 15.9 Å². The third-order valence-electron chi connectivity index (χ3n) is 2.74. The van der Waals surface area contributed by atoms with E-state index in [0.29, 0.717) is 5.69 Å². The van der Waals surface area contributed by atoms with E-state index in [4.69, 9.17) is 9.15 Å². The van der Waals surface area contributed by atoms with Crippen LogP contribution < -0.4 is 5.32 Å². The molecule has 120 valence electrons. The summed E-state index contributed by atoms with van der Waals surface area (Å²) in [5, 5.41) is 13.1. The molecule has 2 rings (SSSR count). The van der Waals surface area contributed by atoms with E-state index in [1.165, 1.54) is 6.92 Å². The van der Waals surface area contributed by atoms with E-state index in [1.54, 1.807) is 24.3 Å². The van der Waals surface area contributed by atoms with E-state index < -0.39 is 28.8 Å². The number of ether oxygens (including phenoxy) is 1. The highest BCUT2D eigenvalue weighted by Gasteiger charge is 2.23. The number of carbonyl (C=O) groups excluding carboxylic acids is 2. The fraction of sp³-hybridized carbons (Fsp3) is 0.143. The molecule has 9 heteroatoms. The molecule has 0 aliphatic heterocycles. The second kappa shape index (κ2) is 7.05. The van der Waals surface area contributed by atoms with Crippen LogP contribution in [0.4, 0.5) is 11.6 Å². The van der Waals surface area contributed by atoms with Crippen LogP contribution in [-0.2, 0) is 9.53 Å². The van der Waals surface area contributed by atoms with Crippen molar-refractivity contribution in [2.75, 3.05) is 5.32 Å². The van der Waals surface area contributed by atoms with Crippen molar-refractivity contribution < 1.29 is 23.7 Å². The van der Waals surface area contributed by atoms with E-state index in [1.807, 2.05) is 0 Å². The molecule has 1 N–H and O–H groups in total. The van der Waals surface area contributed by atoms with Crippen molar-refractivity contribution in [2.45, 2.75) is 13.0 Å². The molecule has 1 atom stereocenters. The highest BCUT2D eigenvalue weighted by Crippen LogP contribution is 2.18. The van der Waals surface area contributed by atoms with Gasteiger partial charge in [-0.1, -0.05) is 15.9 Å². The van der Waals surface area contributed by atoms with E-state index in [0.717, 1.165) is 16.6 Å². The molecule has 0 radical (unpaired) electrons. The molecule has 1 amide bonds. The predicted molar refractivity (Wildman–Crippen MR) is 83.0 cm³/mol. The van der Waals surface area contributed by atoms with E-state index in [2.05, 4.69) is 21.2 Å². The first-order valence-corrected chi connectivity index (χ1v) is 7.18. The Bertz CT molecular complexity index is 740. The summed E-state index contributed by atoms with van der Waals surface area (Å²) in [6, 6.07) is 8.98. The average Bonchev–Trinajstić information content (AvgIpc) is 2.99. The van der Waals surface area contributed by atoms with Gasteiger partial charge in [-0.3, -0.25) is 14.9 Å². The van der Waals surface area contributed by atoms with E-state index >= 15 is 0 Å². The Balaban J connectivity index is 1.95. The molecule has 1 heterocycles. The van der Waals surface area contributed by atoms with Crippen LogP contribution in [0.15, 0.2) is 45.3 Å². The van der Waals surface area contributed by atoms with Crippen molar-refractivity contribution in [3.8, 4) is 0 Å². The second-order valence-corrected chi connectivity index (χ2v) is 5.35. The third kappa shape index (κ3) is 4.39. The molecule has 0 spiro atoms. The van der Waals surface area contributed by atoms with Crippen LogP contribution in [0.5, 0.6) is 0 Å². The summed E-state index contributed by atoms with van der Waals surface area (Å²) in [6.07, 6.45) is -1.10. The minimum Gasteiger partial charge on any atom is -0.447 e. The maximum Gasteiger partial charge on any atom is 0.433 e. The Hall–Kier alpha value is -2.68. The number of nitro groups is 1. The van der Waals surface area contributed by atoms with Crippen LogP contribution in [0.3, 0.4) is 0 Å². The lowest BCUT2D eigenvalue weighted by Crippen LogP contribution is -2.29. The van der Waals surface area contributed by atoms with Gasteiger partial charge < -0.3 is 14.5 Å². The zero-order valence-electron chi connectivity index (χ0n) is 11.8. The van der Waals surface area contributed by atoms with Crippen LogP contribution in [0.25, 0.3) is 0 Å². The van der Waals surface area contributed by atoms with Gasteiger partial charge in [-0.2, -0.15) is 0 Å². The Morgan fingerprint density at radius 1 is 1.26 bits per heavy atom. The van der Waals surface area contributed by atoms with Gasteiger partial charge in [0.1, 0.15) is 4.92 Å². The number of furan rings is 1. The Kier molecular flexibility index (Phi) is 5.12. The standard InChI is InChI=1S/C14H11BrN2O6/c1-8(13(18)16-10-4-2-9(15)3-5-10)22-14(19)11-6-7-12(23-11)17(20)21/h2-8H,1H3,(H,16,18). The summed E-state index contributed by atoms with van der Waals surface area (Å²) in [4.78, 5) is 33.4. The topological polar surface area (TPSA) is 112 Å². The molecule has 0 saturated heterocycles. The zero-order valence-corrected chi connectivity index (χ0v) is 13.4. The Morgan fingerprint density at radius 3 is 2.48 bits per heavy atom. The van der Waals surface area contributed by atoms with Crippen LogP contribution in [0, 0.1) is 10.1 Å². The molecule has 0 fully saturated rings. The van der Waals surface area contributed by atoms with Gasteiger partial charge in [-0.15, -0.1) is 0 Å². The largest absolute Gasteiger partial charge is 0.447 e. The minimum absolute atomic E-state index is 0.347. The highest BCUT2D eigenvalue weighted by molar-refractivity contribution is 9.10. The van der Waals surface area contributed by atoms with Gasteiger partial charge in [0.2, 0.25) is 5.76 Å². The average molecular weight is 383 g/mol. The van der Waals surface area contributed by atoms with Crippen molar-refractivity contribution in [3.63, 3.8) is 0 Å². The third-order valence-corrected chi connectivity index (χ3v) is 3.27. The fourth-order valence-electron chi connectivity index (χ4n) is 1.58. The number of nitrogens with one attached hydrogen (secondary N) is 1. The van der Waals surface area contributed by atoms with Gasteiger partial charge in [0.15, 0.2) is 6.10 Å². The van der Waals surface area contributed by atoms with E-state index in [9.17, 15) is 19.7 Å². The summed E-state index contributed by atoms with van der Waals surface area (Å²) in [5.41, 5.74) is 0.537. The lowest BCUT2D eigenvalue weighted by Gasteiger charge is -2.12. The molecule has 1 aromatic carbocycles. The molecule has 23 heavy (non-hydrogen) atoms. The molecular weight excluding hydrogens is 372 g/mol. The van der Waals surface area contributed by atoms with Crippen LogP contribution in [0.1, 0.15) is 17.5 Å². The molecule has 8 nitrogen and oxygen atoms in total. The minimum atomic E-state index is -1.10. The maximum atomic E-state index is 11.9. The Morgan fingerprint density at radius 2 is 1.91 bits per heavy atom. The normalized spacial score (nSPS) is 11.6. The van der Waals surface area contributed by atoms with Gasteiger partial charge in [0, 0.05) is 10.2 Å². The van der Waals surface area contributed by atoms with Crippen molar-refractivity contribution in [2.24, 2.45) is 0 Å². The first kappa shape index (κ1) is 16.7. The molecule has 1 unspecified atom stereocenters. The number of amides is 1. The molecule has 2 aromatic rings. The monoisotopic (exact) mass is 382 g/mol. The number of hydrogen-bond acceptors (Lipinski definition) is 6. The lowest BCUT2D eigenvalue weighted by atomic mass is 10.3. The first-order valence-electron chi connectivity index (χ1n) is 6.38. The summed E-state index contributed by atoms with van der Waals surface area (Å²) in [5.74, 6) is -2.43. The first-order chi connectivity index (χ1) is 10.9. The van der Waals surface area contributed by atoms with Crippen LogP contribution in [-0.4, -0.2) is 22.9 Å². The quantitative estimate of drug-likeness (QED) is 0.482. The lowest BCUT2D eigenvalue weighted by molar-refractivity contribution is -0.402. The van der Waals surface area contributed by atoms with Gasteiger partial charge in [-0.05, 0) is 37.3 Å². The highest BCUT2D eigenvalue weighted by atomic mass is 79.9. The summed E-state index contributed by atoms with van der Waals surface area (Å²) < 4.78 is 10.5. The van der Waals surface area contributed by atoms with Gasteiger partial charge in [-0.25, -0.2) is 4.79 Å². The van der Waals surface area contributed by atoms with Gasteiger partial charge >= 0.3 is 11.9 Å². The number of nitrogens with zero attached hydrogens (tertiary/aromatic N) is 1. The number of halogens is 1. The second-order valence-electron chi connectivity index (χ2n) is 4.44. The number of esters is 1. The van der Waals surface area contributed by atoms with Crippen LogP contribution in [0.2, 0.25) is 0 Å². The summed E-state index contributed by atoms with van der Waals surface area (Å²) in [7, 11) is 0. The molecule has 0 aliphatic rings. The number of hydrogen-bond donors (Lipinski definition) is 1. The molecular formula is C14H11BrN2O6. The Labute approximate surface area is 138 Å². The fourth-order valence-corrected chi connectivity index (χ4v) is 1.85. The van der Waals surface area contributed by atoms with Crippen molar-refractivity contribution >= 4 is 39.4 Å². The van der Waals surface area contributed by atoms with Gasteiger partial charge in [0.05, 0.1) is 6.07 Å². The molecule has 0 aliphatic carbocycles. The smallest absolute Gasteiger partial charge is 0.433 e. The molecule has 0 bridgehead atoms. The van der Waals surface area contributed by atoms with E-state index in [-0.39, 0.29) is 5.76 Å². The molecule has 1 aromatic heterocycles. The summed E-state index contributed by atoms with van der Waals surface area (Å²) in [6.45, 7) is 1.38. The van der Waals surface area contributed by atoms with Crippen molar-refractivity contribution in [3.05, 3.63) is 56.7 Å². The van der Waals surface area contributed by atoms with Crippen molar-refractivity contribution in [1.29, 1.82) is 0 Å². The number of carbonyl (C=O) groups is 2. The van der Waals surface area contributed by atoms with Crippen molar-refractivity contribution in [1.82, 2.24) is 0 Å². The van der Waals surface area contributed by atoms with Gasteiger partial charge in [0.25, 0.3) is 5.91 Å². The number of rotatable bonds is 5.